The molecule has 0 aliphatic carbocycles. The lowest BCUT2D eigenvalue weighted by molar-refractivity contribution is -0.127. The Hall–Kier alpha value is -3.48. The molecule has 3 rings (SSSR count). The maximum atomic E-state index is 11.9. The van der Waals surface area contributed by atoms with E-state index >= 15 is 0 Å². The fraction of sp³-hybridized carbons (Fsp3) is 0.200. The number of hydrazone groups is 2. The molecule has 2 aromatic carbocycles. The monoisotopic (exact) mass is 364 g/mol. The zero-order valence-electron chi connectivity index (χ0n) is 14.9. The van der Waals surface area contributed by atoms with Gasteiger partial charge in [-0.05, 0) is 42.3 Å². The fourth-order valence-electron chi connectivity index (χ4n) is 2.53. The maximum absolute atomic E-state index is 11.9. The summed E-state index contributed by atoms with van der Waals surface area (Å²) in [6.45, 7) is 2.21. The van der Waals surface area contributed by atoms with Crippen LogP contribution in [0.4, 0.5) is 0 Å². The van der Waals surface area contributed by atoms with E-state index in [0.717, 1.165) is 16.9 Å². The van der Waals surface area contributed by atoms with Crippen LogP contribution in [0.5, 0.6) is 5.75 Å². The topological polar surface area (TPSA) is 92.2 Å². The Bertz CT molecular complexity index is 861. The number of nitrogens with one attached hydrogen (secondary N) is 2. The van der Waals surface area contributed by atoms with Crippen molar-refractivity contribution in [2.75, 3.05) is 0 Å². The van der Waals surface area contributed by atoms with E-state index in [1.807, 2.05) is 54.6 Å². The number of benzene rings is 2. The molecular weight excluding hydrogens is 344 g/mol. The minimum atomic E-state index is -0.527. The number of hydrogen-bond donors (Lipinski definition) is 2. The quantitative estimate of drug-likeness (QED) is 0.583. The third kappa shape index (κ3) is 5.24. The Morgan fingerprint density at radius 1 is 1.22 bits per heavy atom. The molecule has 2 aromatic rings. The first-order valence-corrected chi connectivity index (χ1v) is 8.54. The lowest BCUT2D eigenvalue weighted by Gasteiger charge is -2.06. The number of carbonyl (C=O) groups is 2. The highest BCUT2D eigenvalue weighted by atomic mass is 16.5. The first kappa shape index (κ1) is 18.3. The van der Waals surface area contributed by atoms with Gasteiger partial charge < -0.3 is 4.74 Å². The Balaban J connectivity index is 1.45. The van der Waals surface area contributed by atoms with Gasteiger partial charge >= 0.3 is 0 Å². The molecule has 2 N–H and O–H groups in total. The Labute approximate surface area is 157 Å². The summed E-state index contributed by atoms with van der Waals surface area (Å²) in [5, 5.41) is 7.73. The van der Waals surface area contributed by atoms with E-state index < -0.39 is 5.92 Å². The van der Waals surface area contributed by atoms with Crippen molar-refractivity contribution in [2.45, 2.75) is 20.0 Å². The summed E-state index contributed by atoms with van der Waals surface area (Å²) >= 11 is 0. The van der Waals surface area contributed by atoms with Gasteiger partial charge in [-0.25, -0.2) is 10.9 Å². The minimum Gasteiger partial charge on any atom is -0.489 e. The van der Waals surface area contributed by atoms with Crippen molar-refractivity contribution >= 4 is 23.7 Å². The summed E-state index contributed by atoms with van der Waals surface area (Å²) in [7, 11) is 0. The van der Waals surface area contributed by atoms with Crippen LogP contribution in [0, 0.1) is 5.92 Å². The number of carbonyl (C=O) groups excluding carboxylic acids is 2. The minimum absolute atomic E-state index is 0.0186. The molecule has 1 atom stereocenters. The molecule has 0 bridgehead atoms. The summed E-state index contributed by atoms with van der Waals surface area (Å²) in [6, 6.07) is 17.3. The second-order valence-corrected chi connectivity index (χ2v) is 6.12. The van der Waals surface area contributed by atoms with Gasteiger partial charge in [0.05, 0.1) is 12.1 Å². The number of ether oxygens (including phenoxy) is 1. The first-order chi connectivity index (χ1) is 13.1. The van der Waals surface area contributed by atoms with Crippen molar-refractivity contribution < 1.29 is 14.3 Å². The largest absolute Gasteiger partial charge is 0.489 e. The van der Waals surface area contributed by atoms with E-state index in [1.54, 1.807) is 6.92 Å². The molecule has 0 spiro atoms. The Morgan fingerprint density at radius 2 is 1.96 bits per heavy atom. The molecule has 0 fully saturated rings. The zero-order chi connectivity index (χ0) is 19.1. The average molecular weight is 364 g/mol. The molecule has 1 aliphatic rings. The van der Waals surface area contributed by atoms with E-state index in [0.29, 0.717) is 12.3 Å². The molecule has 0 radical (unpaired) electrons. The predicted molar refractivity (Wildman–Crippen MR) is 102 cm³/mol. The van der Waals surface area contributed by atoms with Crippen molar-refractivity contribution in [2.24, 2.45) is 16.1 Å². The lowest BCUT2D eigenvalue weighted by Crippen LogP contribution is -2.29. The van der Waals surface area contributed by atoms with Crippen molar-refractivity contribution in [3.8, 4) is 5.75 Å². The summed E-state index contributed by atoms with van der Waals surface area (Å²) in [4.78, 5) is 23.4. The molecule has 7 heteroatoms. The number of rotatable bonds is 7. The highest BCUT2D eigenvalue weighted by Crippen LogP contribution is 2.14. The molecule has 7 nitrogen and oxygen atoms in total. The van der Waals surface area contributed by atoms with Crippen molar-refractivity contribution in [1.82, 2.24) is 10.9 Å². The molecule has 0 saturated heterocycles. The molecule has 1 heterocycles. The van der Waals surface area contributed by atoms with Crippen LogP contribution in [0.3, 0.4) is 0 Å². The third-order valence-electron chi connectivity index (χ3n) is 4.08. The van der Waals surface area contributed by atoms with Crippen LogP contribution in [0.1, 0.15) is 24.5 Å². The molecule has 2 amide bonds. The van der Waals surface area contributed by atoms with Crippen LogP contribution in [-0.2, 0) is 16.2 Å². The highest BCUT2D eigenvalue weighted by Gasteiger charge is 2.28. The Kier molecular flexibility index (Phi) is 5.94. The van der Waals surface area contributed by atoms with Crippen molar-refractivity contribution in [1.29, 1.82) is 0 Å². The van der Waals surface area contributed by atoms with E-state index in [4.69, 9.17) is 4.74 Å². The highest BCUT2D eigenvalue weighted by molar-refractivity contribution is 6.09. The van der Waals surface area contributed by atoms with Gasteiger partial charge in [-0.1, -0.05) is 30.3 Å². The summed E-state index contributed by atoms with van der Waals surface area (Å²) < 4.78 is 5.72. The van der Waals surface area contributed by atoms with Gasteiger partial charge in [0.15, 0.2) is 0 Å². The summed E-state index contributed by atoms with van der Waals surface area (Å²) in [5.74, 6) is -0.383. The van der Waals surface area contributed by atoms with Gasteiger partial charge in [0.25, 0.3) is 0 Å². The normalized spacial score (nSPS) is 16.1. The van der Waals surface area contributed by atoms with E-state index in [2.05, 4.69) is 21.1 Å². The zero-order valence-corrected chi connectivity index (χ0v) is 14.9. The van der Waals surface area contributed by atoms with Gasteiger partial charge in [-0.3, -0.25) is 9.59 Å². The fourth-order valence-corrected chi connectivity index (χ4v) is 2.53. The standard InChI is InChI=1S/C20H20N4O3/c1-14-18(20(26)24-22-14)11-19(25)23-21-12-15-7-9-17(10-8-15)27-13-16-5-3-2-4-6-16/h2-10,12,18H,11,13H2,1H3,(H,23,25)(H,24,26)/b21-12+/t18-/m1/s1. The van der Waals surface area contributed by atoms with Crippen LogP contribution in [-0.4, -0.2) is 23.7 Å². The smallest absolute Gasteiger partial charge is 0.249 e. The van der Waals surface area contributed by atoms with Crippen LogP contribution in [0.2, 0.25) is 0 Å². The third-order valence-corrected chi connectivity index (χ3v) is 4.08. The number of amides is 2. The van der Waals surface area contributed by atoms with Crippen LogP contribution in [0.25, 0.3) is 0 Å². The van der Waals surface area contributed by atoms with Gasteiger partial charge in [-0.2, -0.15) is 10.2 Å². The van der Waals surface area contributed by atoms with Crippen LogP contribution >= 0.6 is 0 Å². The SMILES string of the molecule is CC1=NNC(=O)[C@@H]1CC(=O)N/N=C/c1ccc(OCc2ccccc2)cc1. The van der Waals surface area contributed by atoms with Gasteiger partial charge in [0, 0.05) is 12.1 Å². The molecule has 0 saturated carbocycles. The lowest BCUT2D eigenvalue weighted by atomic mass is 10.0. The van der Waals surface area contributed by atoms with E-state index in [9.17, 15) is 9.59 Å². The molecule has 138 valence electrons. The Morgan fingerprint density at radius 3 is 2.63 bits per heavy atom. The van der Waals surface area contributed by atoms with Crippen molar-refractivity contribution in [3.05, 3.63) is 65.7 Å². The average Bonchev–Trinajstić information content (AvgIpc) is 3.00. The summed E-state index contributed by atoms with van der Waals surface area (Å²) in [6.07, 6.45) is 1.55. The number of hydrogen-bond acceptors (Lipinski definition) is 5. The molecule has 0 aromatic heterocycles. The van der Waals surface area contributed by atoms with E-state index in [1.165, 1.54) is 6.21 Å². The number of nitrogens with zero attached hydrogens (tertiary/aromatic N) is 2. The second kappa shape index (κ2) is 8.75. The molecule has 1 aliphatic heterocycles. The molecular formula is C20H20N4O3. The van der Waals surface area contributed by atoms with Crippen LogP contribution < -0.4 is 15.6 Å². The van der Waals surface area contributed by atoms with Gasteiger partial charge in [0.1, 0.15) is 12.4 Å². The molecule has 0 unspecified atom stereocenters. The first-order valence-electron chi connectivity index (χ1n) is 8.54. The maximum Gasteiger partial charge on any atom is 0.249 e. The molecule has 27 heavy (non-hydrogen) atoms. The van der Waals surface area contributed by atoms with E-state index in [-0.39, 0.29) is 18.2 Å². The van der Waals surface area contributed by atoms with Crippen LogP contribution in [0.15, 0.2) is 64.8 Å². The second-order valence-electron chi connectivity index (χ2n) is 6.12. The summed E-state index contributed by atoms with van der Waals surface area (Å²) in [5.41, 5.74) is 7.30. The predicted octanol–water partition coefficient (Wildman–Crippen LogP) is 2.23. The van der Waals surface area contributed by atoms with Crippen molar-refractivity contribution in [3.63, 3.8) is 0 Å². The van der Waals surface area contributed by atoms with Gasteiger partial charge in [-0.15, -0.1) is 0 Å². The van der Waals surface area contributed by atoms with Gasteiger partial charge in [0.2, 0.25) is 11.8 Å².